The van der Waals surface area contributed by atoms with Crippen molar-refractivity contribution in [2.75, 3.05) is 26.2 Å². The average molecular weight is 253 g/mol. The highest BCUT2D eigenvalue weighted by Crippen LogP contribution is 2.17. The summed E-state index contributed by atoms with van der Waals surface area (Å²) in [6, 6.07) is 1.04. The predicted molar refractivity (Wildman–Crippen MR) is 73.5 cm³/mol. The lowest BCUT2D eigenvalue weighted by molar-refractivity contribution is -0.123. The van der Waals surface area contributed by atoms with Crippen LogP contribution in [0.1, 0.15) is 45.4 Å². The van der Waals surface area contributed by atoms with Gasteiger partial charge < -0.3 is 10.6 Å². The Bertz CT molecular complexity index is 258. The number of likely N-dealkylation sites (N-methyl/N-ethyl adjacent to an activating group) is 1. The molecule has 18 heavy (non-hydrogen) atoms. The van der Waals surface area contributed by atoms with Gasteiger partial charge in [-0.15, -0.1) is 0 Å². The molecule has 0 spiro atoms. The van der Waals surface area contributed by atoms with Crippen molar-refractivity contribution >= 4 is 5.91 Å². The van der Waals surface area contributed by atoms with Gasteiger partial charge in [-0.1, -0.05) is 19.8 Å². The number of hydrogen-bond acceptors (Lipinski definition) is 3. The lowest BCUT2D eigenvalue weighted by Gasteiger charge is -2.33. The molecule has 1 amide bonds. The molecule has 2 N–H and O–H groups in total. The summed E-state index contributed by atoms with van der Waals surface area (Å²) in [6.45, 7) is 5.89. The smallest absolute Gasteiger partial charge is 0.234 e. The molecular formula is C14H27N3O. The van der Waals surface area contributed by atoms with E-state index in [4.69, 9.17) is 0 Å². The molecule has 2 aliphatic rings. The third-order valence-corrected chi connectivity index (χ3v) is 4.30. The van der Waals surface area contributed by atoms with Crippen molar-refractivity contribution in [3.8, 4) is 0 Å². The van der Waals surface area contributed by atoms with Crippen molar-refractivity contribution in [1.82, 2.24) is 15.5 Å². The summed E-state index contributed by atoms with van der Waals surface area (Å²) >= 11 is 0. The number of hydrogen-bond donors (Lipinski definition) is 2. The van der Waals surface area contributed by atoms with E-state index < -0.39 is 0 Å². The lowest BCUT2D eigenvalue weighted by Crippen LogP contribution is -2.48. The number of amides is 1. The first kappa shape index (κ1) is 13.8. The van der Waals surface area contributed by atoms with Crippen molar-refractivity contribution < 1.29 is 4.79 Å². The Morgan fingerprint density at radius 1 is 1.22 bits per heavy atom. The molecule has 1 saturated carbocycles. The second-order valence-corrected chi connectivity index (χ2v) is 5.59. The molecule has 0 bridgehead atoms. The summed E-state index contributed by atoms with van der Waals surface area (Å²) in [6.07, 6.45) is 7.24. The molecule has 1 aliphatic heterocycles. The Hall–Kier alpha value is -0.610. The molecule has 0 aromatic heterocycles. The Morgan fingerprint density at radius 3 is 2.50 bits per heavy atom. The van der Waals surface area contributed by atoms with Crippen LogP contribution >= 0.6 is 0 Å². The fourth-order valence-electron chi connectivity index (χ4n) is 3.20. The number of piperidine rings is 1. The van der Waals surface area contributed by atoms with Crippen LogP contribution in [0.3, 0.4) is 0 Å². The molecule has 104 valence electrons. The van der Waals surface area contributed by atoms with Crippen LogP contribution in [-0.2, 0) is 4.79 Å². The Balaban J connectivity index is 1.75. The summed E-state index contributed by atoms with van der Waals surface area (Å²) in [5, 5.41) is 6.57. The van der Waals surface area contributed by atoms with Crippen molar-refractivity contribution in [1.29, 1.82) is 0 Å². The van der Waals surface area contributed by atoms with Crippen LogP contribution < -0.4 is 10.6 Å². The third-order valence-electron chi connectivity index (χ3n) is 4.30. The minimum Gasteiger partial charge on any atom is -0.352 e. The monoisotopic (exact) mass is 253 g/mol. The minimum atomic E-state index is 0.224. The van der Waals surface area contributed by atoms with Gasteiger partial charge in [0.25, 0.3) is 0 Å². The molecule has 4 nitrogen and oxygen atoms in total. The van der Waals surface area contributed by atoms with E-state index in [-0.39, 0.29) is 5.91 Å². The van der Waals surface area contributed by atoms with Gasteiger partial charge in [0.1, 0.15) is 0 Å². The topological polar surface area (TPSA) is 44.4 Å². The van der Waals surface area contributed by atoms with Gasteiger partial charge in [0.2, 0.25) is 5.91 Å². The van der Waals surface area contributed by atoms with Crippen LogP contribution in [0, 0.1) is 0 Å². The first-order chi connectivity index (χ1) is 8.79. The zero-order valence-corrected chi connectivity index (χ0v) is 11.6. The second-order valence-electron chi connectivity index (χ2n) is 5.59. The minimum absolute atomic E-state index is 0.224. The third kappa shape index (κ3) is 3.95. The van der Waals surface area contributed by atoms with Crippen LogP contribution in [0.4, 0.5) is 0 Å². The van der Waals surface area contributed by atoms with Gasteiger partial charge in [-0.2, -0.15) is 0 Å². The van der Waals surface area contributed by atoms with E-state index in [1.54, 1.807) is 0 Å². The van der Waals surface area contributed by atoms with Gasteiger partial charge in [0, 0.05) is 12.1 Å². The van der Waals surface area contributed by atoms with Crippen molar-refractivity contribution in [2.24, 2.45) is 0 Å². The average Bonchev–Trinajstić information content (AvgIpc) is 2.90. The van der Waals surface area contributed by atoms with Gasteiger partial charge in [0.15, 0.2) is 0 Å². The maximum absolute atomic E-state index is 12.0. The molecule has 0 radical (unpaired) electrons. The normalized spacial score (nSPS) is 22.6. The zero-order valence-electron chi connectivity index (χ0n) is 11.6. The van der Waals surface area contributed by atoms with E-state index >= 15 is 0 Å². The molecule has 4 heteroatoms. The standard InChI is InChI=1S/C14H27N3O/c1-2-17(13-7-9-15-10-8-13)11-14(18)16-12-5-3-4-6-12/h12-13,15H,2-11H2,1H3,(H,16,18). The summed E-state index contributed by atoms with van der Waals surface area (Å²) in [7, 11) is 0. The summed E-state index contributed by atoms with van der Waals surface area (Å²) < 4.78 is 0. The number of carbonyl (C=O) groups is 1. The Kier molecular flexibility index (Phi) is 5.45. The Morgan fingerprint density at radius 2 is 1.89 bits per heavy atom. The first-order valence-electron chi connectivity index (χ1n) is 7.53. The largest absolute Gasteiger partial charge is 0.352 e. The summed E-state index contributed by atoms with van der Waals surface area (Å²) in [4.78, 5) is 14.4. The molecule has 1 aliphatic carbocycles. The fourth-order valence-corrected chi connectivity index (χ4v) is 3.20. The fraction of sp³-hybridized carbons (Fsp3) is 0.929. The summed E-state index contributed by atoms with van der Waals surface area (Å²) in [5.74, 6) is 0.224. The molecule has 0 atom stereocenters. The highest BCUT2D eigenvalue weighted by Gasteiger charge is 2.23. The first-order valence-corrected chi connectivity index (χ1v) is 7.53. The van der Waals surface area contributed by atoms with Crippen LogP contribution in [0.15, 0.2) is 0 Å². The van der Waals surface area contributed by atoms with E-state index in [0.717, 1.165) is 19.6 Å². The zero-order chi connectivity index (χ0) is 12.8. The van der Waals surface area contributed by atoms with E-state index in [1.807, 2.05) is 0 Å². The molecule has 0 aromatic carbocycles. The summed E-state index contributed by atoms with van der Waals surface area (Å²) in [5.41, 5.74) is 0. The molecule has 0 aromatic rings. The van der Waals surface area contributed by atoms with Gasteiger partial charge >= 0.3 is 0 Å². The predicted octanol–water partition coefficient (Wildman–Crippen LogP) is 1.12. The molecule has 1 saturated heterocycles. The molecule has 2 fully saturated rings. The van der Waals surface area contributed by atoms with Crippen LogP contribution in [0.2, 0.25) is 0 Å². The lowest BCUT2D eigenvalue weighted by atomic mass is 10.0. The maximum Gasteiger partial charge on any atom is 0.234 e. The highest BCUT2D eigenvalue weighted by atomic mass is 16.2. The van der Waals surface area contributed by atoms with E-state index in [9.17, 15) is 4.79 Å². The van der Waals surface area contributed by atoms with Crippen molar-refractivity contribution in [2.45, 2.75) is 57.5 Å². The van der Waals surface area contributed by atoms with E-state index in [2.05, 4.69) is 22.5 Å². The molecular weight excluding hydrogens is 226 g/mol. The number of carbonyl (C=O) groups excluding carboxylic acids is 1. The van der Waals surface area contributed by atoms with Crippen LogP contribution in [-0.4, -0.2) is 49.1 Å². The maximum atomic E-state index is 12.0. The second kappa shape index (κ2) is 7.10. The van der Waals surface area contributed by atoms with Gasteiger partial charge in [0.05, 0.1) is 6.54 Å². The van der Waals surface area contributed by atoms with Crippen molar-refractivity contribution in [3.05, 3.63) is 0 Å². The van der Waals surface area contributed by atoms with Crippen LogP contribution in [0.5, 0.6) is 0 Å². The van der Waals surface area contributed by atoms with Gasteiger partial charge in [-0.05, 0) is 45.3 Å². The molecule has 2 rings (SSSR count). The Labute approximate surface area is 110 Å². The SMILES string of the molecule is CCN(CC(=O)NC1CCCC1)C1CCNCC1. The molecule has 1 heterocycles. The van der Waals surface area contributed by atoms with E-state index in [0.29, 0.717) is 18.6 Å². The number of nitrogens with one attached hydrogen (secondary N) is 2. The number of nitrogens with zero attached hydrogens (tertiary/aromatic N) is 1. The quantitative estimate of drug-likeness (QED) is 0.772. The van der Waals surface area contributed by atoms with Gasteiger partial charge in [-0.3, -0.25) is 9.69 Å². The highest BCUT2D eigenvalue weighted by molar-refractivity contribution is 5.78. The molecule has 0 unspecified atom stereocenters. The number of rotatable bonds is 5. The van der Waals surface area contributed by atoms with Crippen molar-refractivity contribution in [3.63, 3.8) is 0 Å². The van der Waals surface area contributed by atoms with Crippen LogP contribution in [0.25, 0.3) is 0 Å². The van der Waals surface area contributed by atoms with E-state index in [1.165, 1.54) is 38.5 Å². The van der Waals surface area contributed by atoms with Gasteiger partial charge in [-0.25, -0.2) is 0 Å².